The second-order valence-electron chi connectivity index (χ2n) is 7.73. The van der Waals surface area contributed by atoms with Crippen molar-refractivity contribution in [1.82, 2.24) is 10.0 Å². The lowest BCUT2D eigenvalue weighted by molar-refractivity contribution is -0.385. The van der Waals surface area contributed by atoms with Gasteiger partial charge in [0.2, 0.25) is 5.91 Å². The number of nitrogens with zero attached hydrogens (tertiary/aromatic N) is 3. The smallest absolute Gasteiger partial charge is 0.429 e. The maximum absolute atomic E-state index is 12.8. The van der Waals surface area contributed by atoms with Crippen molar-refractivity contribution in [2.75, 3.05) is 33.6 Å². The van der Waals surface area contributed by atoms with Gasteiger partial charge in [-0.05, 0) is 30.2 Å². The summed E-state index contributed by atoms with van der Waals surface area (Å²) in [5.41, 5.74) is 0.384. The van der Waals surface area contributed by atoms with Crippen molar-refractivity contribution >= 4 is 27.5 Å². The van der Waals surface area contributed by atoms with Gasteiger partial charge in [-0.15, -0.1) is 0 Å². The molecule has 0 aliphatic carbocycles. The molecule has 0 N–H and O–H groups in total. The normalized spacial score (nSPS) is 13.5. The molecule has 13 heteroatoms. The SMILES string of the molecule is COc1cc(COC(=O)N2CCCN2C(=O)Cc2ccc(S(C)(=O)=O)cc2)c([N+](=O)[O-])cc1OC. The van der Waals surface area contributed by atoms with Crippen LogP contribution in [0.3, 0.4) is 0 Å². The van der Waals surface area contributed by atoms with E-state index in [2.05, 4.69) is 0 Å². The molecule has 2 aromatic carbocycles. The molecule has 1 aliphatic heterocycles. The van der Waals surface area contributed by atoms with E-state index in [1.165, 1.54) is 43.5 Å². The van der Waals surface area contributed by atoms with Gasteiger partial charge in [-0.1, -0.05) is 12.1 Å². The van der Waals surface area contributed by atoms with E-state index < -0.39 is 27.5 Å². The highest BCUT2D eigenvalue weighted by atomic mass is 32.2. The fourth-order valence-electron chi connectivity index (χ4n) is 3.59. The van der Waals surface area contributed by atoms with Crippen LogP contribution >= 0.6 is 0 Å². The van der Waals surface area contributed by atoms with Crippen LogP contribution in [0.4, 0.5) is 10.5 Å². The molecule has 12 nitrogen and oxygen atoms in total. The summed E-state index contributed by atoms with van der Waals surface area (Å²) in [5.74, 6) is 0.0304. The molecule has 2 amide bonds. The predicted octanol–water partition coefficient (Wildman–Crippen LogP) is 2.34. The number of methoxy groups -OCH3 is 2. The van der Waals surface area contributed by atoms with E-state index in [0.717, 1.165) is 11.3 Å². The Morgan fingerprint density at radius 1 is 1.03 bits per heavy atom. The molecule has 1 fully saturated rings. The lowest BCUT2D eigenvalue weighted by Gasteiger charge is -2.27. The van der Waals surface area contributed by atoms with Crippen molar-refractivity contribution in [3.8, 4) is 11.5 Å². The van der Waals surface area contributed by atoms with Gasteiger partial charge >= 0.3 is 6.09 Å². The van der Waals surface area contributed by atoms with Crippen molar-refractivity contribution < 1.29 is 37.1 Å². The van der Waals surface area contributed by atoms with Gasteiger partial charge in [-0.2, -0.15) is 0 Å². The lowest BCUT2D eigenvalue weighted by atomic mass is 10.1. The van der Waals surface area contributed by atoms with Gasteiger partial charge in [0, 0.05) is 19.3 Å². The summed E-state index contributed by atoms with van der Waals surface area (Å²) in [6.07, 6.45) is 0.754. The third-order valence-corrected chi connectivity index (χ3v) is 6.50. The highest BCUT2D eigenvalue weighted by Crippen LogP contribution is 2.35. The molecule has 1 heterocycles. The predicted molar refractivity (Wildman–Crippen MR) is 123 cm³/mol. The van der Waals surface area contributed by atoms with Crippen molar-refractivity contribution in [1.29, 1.82) is 0 Å². The van der Waals surface area contributed by atoms with Crippen LogP contribution < -0.4 is 9.47 Å². The minimum Gasteiger partial charge on any atom is -0.493 e. The Labute approximate surface area is 202 Å². The summed E-state index contributed by atoms with van der Waals surface area (Å²) in [7, 11) is -0.627. The maximum atomic E-state index is 12.8. The molecule has 35 heavy (non-hydrogen) atoms. The summed E-state index contributed by atoms with van der Waals surface area (Å²) in [5, 5.41) is 13.9. The number of benzene rings is 2. The monoisotopic (exact) mass is 507 g/mol. The summed E-state index contributed by atoms with van der Waals surface area (Å²) in [6, 6.07) is 8.47. The Bertz CT molecular complexity index is 1230. The standard InChI is InChI=1S/C22H25N3O9S/c1-32-19-12-16(18(25(28)29)13-20(19)33-2)14-34-22(27)24-10-4-9-23(24)21(26)11-15-5-7-17(8-6-15)35(3,30)31/h5-8,12-13H,4,9-11,14H2,1-3H3. The zero-order valence-electron chi connectivity index (χ0n) is 19.4. The van der Waals surface area contributed by atoms with Crippen molar-refractivity contribution in [2.24, 2.45) is 0 Å². The Morgan fingerprint density at radius 2 is 1.63 bits per heavy atom. The summed E-state index contributed by atoms with van der Waals surface area (Å²) in [4.78, 5) is 36.5. The minimum absolute atomic E-state index is 0.0467. The Hall–Kier alpha value is -3.87. The van der Waals surface area contributed by atoms with Crippen LogP contribution in [-0.4, -0.2) is 68.9 Å². The van der Waals surface area contributed by atoms with E-state index in [-0.39, 0.29) is 46.5 Å². The van der Waals surface area contributed by atoms with Crippen molar-refractivity contribution in [3.63, 3.8) is 0 Å². The molecule has 0 aromatic heterocycles. The van der Waals surface area contributed by atoms with Crippen LogP contribution in [0.2, 0.25) is 0 Å². The van der Waals surface area contributed by atoms with Crippen molar-refractivity contribution in [3.05, 3.63) is 57.6 Å². The molecule has 188 valence electrons. The Balaban J connectivity index is 1.69. The van der Waals surface area contributed by atoms with Gasteiger partial charge in [0.1, 0.15) is 6.61 Å². The van der Waals surface area contributed by atoms with E-state index in [1.807, 2.05) is 0 Å². The molecule has 2 aromatic rings. The Morgan fingerprint density at radius 3 is 2.20 bits per heavy atom. The quantitative estimate of drug-likeness (QED) is 0.388. The molecule has 0 radical (unpaired) electrons. The first-order valence-electron chi connectivity index (χ1n) is 10.5. The summed E-state index contributed by atoms with van der Waals surface area (Å²) < 4.78 is 38.7. The van der Waals surface area contributed by atoms with Gasteiger partial charge in [0.05, 0.1) is 42.1 Å². The van der Waals surface area contributed by atoms with Gasteiger partial charge in [-0.3, -0.25) is 14.9 Å². The second kappa shape index (κ2) is 10.6. The number of rotatable bonds is 8. The topological polar surface area (TPSA) is 146 Å². The molecule has 0 spiro atoms. The van der Waals surface area contributed by atoms with Crippen LogP contribution in [0.5, 0.6) is 11.5 Å². The van der Waals surface area contributed by atoms with Crippen LogP contribution in [0, 0.1) is 10.1 Å². The molecule has 3 rings (SSSR count). The van der Waals surface area contributed by atoms with E-state index in [1.54, 1.807) is 12.1 Å². The zero-order chi connectivity index (χ0) is 25.8. The first-order valence-corrected chi connectivity index (χ1v) is 12.4. The van der Waals surface area contributed by atoms with Gasteiger partial charge in [0.25, 0.3) is 5.69 Å². The first-order chi connectivity index (χ1) is 16.5. The average molecular weight is 508 g/mol. The minimum atomic E-state index is -3.35. The molecule has 0 saturated carbocycles. The summed E-state index contributed by atoms with van der Waals surface area (Å²) >= 11 is 0. The number of sulfone groups is 1. The van der Waals surface area contributed by atoms with Gasteiger partial charge in [0.15, 0.2) is 21.3 Å². The number of amides is 2. The molecule has 0 unspecified atom stereocenters. The largest absolute Gasteiger partial charge is 0.493 e. The highest BCUT2D eigenvalue weighted by molar-refractivity contribution is 7.90. The number of carbonyl (C=O) groups excluding carboxylic acids is 2. The van der Waals surface area contributed by atoms with E-state index in [4.69, 9.17) is 14.2 Å². The molecular formula is C22H25N3O9S. The van der Waals surface area contributed by atoms with Crippen LogP contribution in [0.25, 0.3) is 0 Å². The third kappa shape index (κ3) is 5.98. The van der Waals surface area contributed by atoms with Crippen molar-refractivity contribution in [2.45, 2.75) is 24.3 Å². The number of hydrazine groups is 1. The Kier molecular flexibility index (Phi) is 7.79. The number of nitro benzene ring substituents is 1. The fourth-order valence-corrected chi connectivity index (χ4v) is 4.22. The van der Waals surface area contributed by atoms with Gasteiger partial charge in [-0.25, -0.2) is 23.2 Å². The number of hydrogen-bond donors (Lipinski definition) is 0. The van der Waals surface area contributed by atoms with Gasteiger partial charge < -0.3 is 14.2 Å². The molecule has 0 atom stereocenters. The van der Waals surface area contributed by atoms with E-state index in [0.29, 0.717) is 18.5 Å². The zero-order valence-corrected chi connectivity index (χ0v) is 20.2. The average Bonchev–Trinajstić information content (AvgIpc) is 3.32. The number of nitro groups is 1. The van der Waals surface area contributed by atoms with Crippen LogP contribution in [-0.2, 0) is 32.4 Å². The fraction of sp³-hybridized carbons (Fsp3) is 0.364. The molecule has 1 aliphatic rings. The lowest BCUT2D eigenvalue weighted by Crippen LogP contribution is -2.45. The number of hydrogen-bond acceptors (Lipinski definition) is 9. The van der Waals surface area contributed by atoms with Crippen LogP contribution in [0.1, 0.15) is 17.5 Å². The van der Waals surface area contributed by atoms with Crippen LogP contribution in [0.15, 0.2) is 41.3 Å². The molecule has 1 saturated heterocycles. The molecular weight excluding hydrogens is 482 g/mol. The maximum Gasteiger partial charge on any atom is 0.429 e. The molecule has 0 bridgehead atoms. The highest BCUT2D eigenvalue weighted by Gasteiger charge is 2.32. The summed E-state index contributed by atoms with van der Waals surface area (Å²) in [6.45, 7) is 0.123. The van der Waals surface area contributed by atoms with E-state index in [9.17, 15) is 28.1 Å². The number of carbonyl (C=O) groups is 2. The number of ether oxygens (including phenoxy) is 3. The van der Waals surface area contributed by atoms with E-state index >= 15 is 0 Å². The first kappa shape index (κ1) is 25.7. The third-order valence-electron chi connectivity index (χ3n) is 5.37. The second-order valence-corrected chi connectivity index (χ2v) is 9.75.